The fourth-order valence-electron chi connectivity index (χ4n) is 4.41. The number of benzene rings is 1. The van der Waals surface area contributed by atoms with Gasteiger partial charge in [-0.05, 0) is 37.2 Å². The van der Waals surface area contributed by atoms with Gasteiger partial charge in [0.25, 0.3) is 11.6 Å². The Bertz CT molecular complexity index is 818. The van der Waals surface area contributed by atoms with E-state index < -0.39 is 4.92 Å². The van der Waals surface area contributed by atoms with Crippen molar-refractivity contribution in [1.82, 2.24) is 15.5 Å². The molecule has 8 heteroatoms. The van der Waals surface area contributed by atoms with Crippen LogP contribution in [0.2, 0.25) is 0 Å². The summed E-state index contributed by atoms with van der Waals surface area (Å²) < 4.78 is 0. The van der Waals surface area contributed by atoms with Crippen LogP contribution >= 0.6 is 0 Å². The average molecular weight is 330 g/mol. The van der Waals surface area contributed by atoms with Crippen molar-refractivity contribution in [3.05, 3.63) is 34.0 Å². The minimum absolute atomic E-state index is 0.0494. The van der Waals surface area contributed by atoms with Gasteiger partial charge in [0.15, 0.2) is 5.69 Å². The molecule has 0 aliphatic heterocycles. The van der Waals surface area contributed by atoms with Crippen molar-refractivity contribution < 1.29 is 14.8 Å². The number of amides is 1. The number of nitrogens with one attached hydrogen (secondary N) is 2. The van der Waals surface area contributed by atoms with Crippen LogP contribution < -0.4 is 5.32 Å². The van der Waals surface area contributed by atoms with Gasteiger partial charge in [-0.3, -0.25) is 20.0 Å². The number of H-pyrrole nitrogens is 1. The van der Waals surface area contributed by atoms with Crippen molar-refractivity contribution in [3.8, 4) is 0 Å². The molecule has 0 saturated heterocycles. The van der Waals surface area contributed by atoms with Crippen LogP contribution in [0.4, 0.5) is 5.69 Å². The van der Waals surface area contributed by atoms with Crippen LogP contribution in [0.25, 0.3) is 10.9 Å². The van der Waals surface area contributed by atoms with E-state index in [2.05, 4.69) is 15.5 Å². The van der Waals surface area contributed by atoms with Crippen LogP contribution in [-0.2, 0) is 0 Å². The number of hydrogen-bond donors (Lipinski definition) is 3. The molecule has 2 fully saturated rings. The number of fused-ring (bicyclic) bond motifs is 3. The number of non-ortho nitro benzene ring substituents is 1. The predicted octanol–water partition coefficient (Wildman–Crippen LogP) is 1.61. The van der Waals surface area contributed by atoms with Crippen LogP contribution in [0.15, 0.2) is 18.2 Å². The maximum Gasteiger partial charge on any atom is 0.272 e. The van der Waals surface area contributed by atoms with E-state index in [0.717, 1.165) is 19.3 Å². The van der Waals surface area contributed by atoms with Crippen LogP contribution in [0.3, 0.4) is 0 Å². The van der Waals surface area contributed by atoms with Gasteiger partial charge in [-0.25, -0.2) is 0 Å². The lowest BCUT2D eigenvalue weighted by Gasteiger charge is -2.30. The van der Waals surface area contributed by atoms with Gasteiger partial charge in [0.2, 0.25) is 0 Å². The van der Waals surface area contributed by atoms with Gasteiger partial charge in [0.05, 0.1) is 10.4 Å². The maximum atomic E-state index is 12.6. The van der Waals surface area contributed by atoms with Gasteiger partial charge >= 0.3 is 0 Å². The summed E-state index contributed by atoms with van der Waals surface area (Å²) in [4.78, 5) is 23.1. The molecule has 0 radical (unpaired) electrons. The second-order valence-electron chi connectivity index (χ2n) is 6.74. The third-order valence-corrected chi connectivity index (χ3v) is 5.57. The zero-order valence-corrected chi connectivity index (χ0v) is 12.9. The summed E-state index contributed by atoms with van der Waals surface area (Å²) in [6, 6.07) is 4.23. The van der Waals surface area contributed by atoms with Crippen molar-refractivity contribution >= 4 is 22.5 Å². The Balaban J connectivity index is 1.61. The highest BCUT2D eigenvalue weighted by Crippen LogP contribution is 2.48. The number of carbonyl (C=O) groups is 1. The number of hydrogen-bond acceptors (Lipinski definition) is 5. The van der Waals surface area contributed by atoms with Crippen molar-refractivity contribution in [2.24, 2.45) is 17.8 Å². The Morgan fingerprint density at radius 1 is 1.42 bits per heavy atom. The molecule has 3 N–H and O–H groups in total. The quantitative estimate of drug-likeness (QED) is 0.581. The van der Waals surface area contributed by atoms with Crippen molar-refractivity contribution in [2.75, 3.05) is 6.61 Å². The van der Waals surface area contributed by atoms with Gasteiger partial charge in [0.1, 0.15) is 0 Å². The molecule has 2 aliphatic rings. The van der Waals surface area contributed by atoms with Gasteiger partial charge < -0.3 is 10.4 Å². The van der Waals surface area contributed by atoms with Gasteiger partial charge in [-0.2, -0.15) is 5.10 Å². The van der Waals surface area contributed by atoms with Crippen molar-refractivity contribution in [3.63, 3.8) is 0 Å². The molecule has 126 valence electrons. The van der Waals surface area contributed by atoms with E-state index >= 15 is 0 Å². The van der Waals surface area contributed by atoms with E-state index in [4.69, 9.17) is 0 Å². The van der Waals surface area contributed by atoms with Crippen molar-refractivity contribution in [2.45, 2.75) is 25.3 Å². The molecule has 2 bridgehead atoms. The number of aromatic amines is 1. The molecule has 4 rings (SSSR count). The molecule has 1 aromatic carbocycles. The summed E-state index contributed by atoms with van der Waals surface area (Å²) in [5.41, 5.74) is 0.664. The lowest BCUT2D eigenvalue weighted by molar-refractivity contribution is -0.384. The Kier molecular flexibility index (Phi) is 3.49. The van der Waals surface area contributed by atoms with E-state index in [9.17, 15) is 20.0 Å². The van der Waals surface area contributed by atoms with Gasteiger partial charge in [-0.1, -0.05) is 0 Å². The molecule has 4 unspecified atom stereocenters. The molecule has 8 nitrogen and oxygen atoms in total. The number of nitro groups is 1. The second-order valence-corrected chi connectivity index (χ2v) is 6.74. The molecule has 4 atom stereocenters. The number of aliphatic hydroxyl groups is 1. The Morgan fingerprint density at radius 2 is 2.21 bits per heavy atom. The van der Waals surface area contributed by atoms with Gasteiger partial charge in [-0.15, -0.1) is 0 Å². The minimum atomic E-state index is -0.494. The molecule has 1 heterocycles. The summed E-state index contributed by atoms with van der Waals surface area (Å²) in [6.07, 6.45) is 3.22. The first-order valence-corrected chi connectivity index (χ1v) is 8.12. The molecule has 1 amide bonds. The Hall–Kier alpha value is -2.48. The summed E-state index contributed by atoms with van der Waals surface area (Å²) >= 11 is 0. The number of aliphatic hydroxyl groups excluding tert-OH is 1. The molecule has 0 spiro atoms. The van der Waals surface area contributed by atoms with E-state index in [1.807, 2.05) is 0 Å². The van der Waals surface area contributed by atoms with E-state index in [1.54, 1.807) is 6.07 Å². The highest BCUT2D eigenvalue weighted by Gasteiger charge is 2.47. The number of carbonyl (C=O) groups excluding carboxylic acids is 1. The zero-order valence-electron chi connectivity index (χ0n) is 12.9. The molecule has 1 aromatic heterocycles. The normalized spacial score (nSPS) is 28.4. The van der Waals surface area contributed by atoms with Gasteiger partial charge in [0, 0.05) is 36.1 Å². The fourth-order valence-corrected chi connectivity index (χ4v) is 4.41. The fraction of sp³-hybridized carbons (Fsp3) is 0.500. The number of rotatable bonds is 4. The summed E-state index contributed by atoms with van der Waals surface area (Å²) in [6.45, 7) is 0.0684. The van der Waals surface area contributed by atoms with Crippen LogP contribution in [0, 0.1) is 27.9 Å². The molecule has 2 saturated carbocycles. The Morgan fingerprint density at radius 3 is 2.96 bits per heavy atom. The summed E-state index contributed by atoms with van der Waals surface area (Å²) in [5.74, 6) is 0.614. The highest BCUT2D eigenvalue weighted by molar-refractivity contribution is 6.05. The maximum absolute atomic E-state index is 12.6. The van der Waals surface area contributed by atoms with Crippen LogP contribution in [0.5, 0.6) is 0 Å². The highest BCUT2D eigenvalue weighted by atomic mass is 16.6. The molecular formula is C16H18N4O4. The number of aromatic nitrogens is 2. The van der Waals surface area contributed by atoms with E-state index in [1.165, 1.54) is 12.1 Å². The molecular weight excluding hydrogens is 312 g/mol. The van der Waals surface area contributed by atoms with E-state index in [-0.39, 0.29) is 35.9 Å². The first-order chi connectivity index (χ1) is 11.6. The van der Waals surface area contributed by atoms with E-state index in [0.29, 0.717) is 22.7 Å². The second kappa shape index (κ2) is 5.55. The molecule has 2 aromatic rings. The number of nitrogens with zero attached hydrogens (tertiary/aromatic N) is 2. The largest absolute Gasteiger partial charge is 0.396 e. The monoisotopic (exact) mass is 330 g/mol. The zero-order chi connectivity index (χ0) is 16.8. The van der Waals surface area contributed by atoms with Crippen LogP contribution in [0.1, 0.15) is 29.8 Å². The predicted molar refractivity (Wildman–Crippen MR) is 85.4 cm³/mol. The molecule has 2 aliphatic carbocycles. The summed E-state index contributed by atoms with van der Waals surface area (Å²) in [7, 11) is 0. The number of nitro benzene ring substituents is 1. The summed E-state index contributed by atoms with van der Waals surface area (Å²) in [5, 5.41) is 30.8. The topological polar surface area (TPSA) is 121 Å². The lowest BCUT2D eigenvalue weighted by atomic mass is 9.85. The first-order valence-electron chi connectivity index (χ1n) is 8.12. The van der Waals surface area contributed by atoms with Crippen LogP contribution in [-0.4, -0.2) is 38.8 Å². The first kappa shape index (κ1) is 15.1. The third-order valence-electron chi connectivity index (χ3n) is 5.57. The minimum Gasteiger partial charge on any atom is -0.396 e. The standard InChI is InChI=1S/C16H18N4O4/c21-7-12-8-1-2-9(5-8)14(12)17-16(22)15-11-6-10(20(23)24)3-4-13(11)18-19-15/h3-4,6,8-9,12,14,21H,1-2,5,7H2,(H,17,22)(H,18,19). The SMILES string of the molecule is O=C(NC1C2CCC(C2)C1CO)c1n[nH]c2ccc([N+](=O)[O-])cc12. The lowest BCUT2D eigenvalue weighted by Crippen LogP contribution is -2.45. The molecule has 24 heavy (non-hydrogen) atoms. The smallest absolute Gasteiger partial charge is 0.272 e. The van der Waals surface area contributed by atoms with Crippen molar-refractivity contribution in [1.29, 1.82) is 0 Å². The average Bonchev–Trinajstić information content (AvgIpc) is 3.27. The third kappa shape index (κ3) is 2.25. The Labute approximate surface area is 137 Å².